The van der Waals surface area contributed by atoms with E-state index in [9.17, 15) is 9.36 Å². The van der Waals surface area contributed by atoms with Gasteiger partial charge in [-0.15, -0.1) is 0 Å². The van der Waals surface area contributed by atoms with E-state index in [-0.39, 0.29) is 19.3 Å². The van der Waals surface area contributed by atoms with E-state index in [4.69, 9.17) is 29.2 Å². The zero-order chi connectivity index (χ0) is 29.7. The predicted octanol–water partition coefficient (Wildman–Crippen LogP) is 5.99. The number of anilines is 1. The number of rotatable bonds is 13. The lowest BCUT2D eigenvalue weighted by Gasteiger charge is -2.26. The van der Waals surface area contributed by atoms with Gasteiger partial charge in [0.2, 0.25) is 0 Å². The number of aromatic nitrogens is 3. The van der Waals surface area contributed by atoms with Gasteiger partial charge in [-0.05, 0) is 65.0 Å². The highest BCUT2D eigenvalue weighted by atomic mass is 79.9. The van der Waals surface area contributed by atoms with Crippen molar-refractivity contribution < 1.29 is 27.9 Å². The minimum Gasteiger partial charge on any atom is -0.462 e. The molecule has 2 aromatic heterocycles. The van der Waals surface area contributed by atoms with Crippen LogP contribution in [0.4, 0.5) is 5.82 Å². The summed E-state index contributed by atoms with van der Waals surface area (Å²) in [6, 6.07) is 13.5. The van der Waals surface area contributed by atoms with E-state index >= 15 is 0 Å². The number of nitrogen functional groups attached to an aromatic ring is 1. The average molecular weight is 648 g/mol. The van der Waals surface area contributed by atoms with Gasteiger partial charge in [0.25, 0.3) is 0 Å². The number of esters is 1. The first kappa shape index (κ1) is 30.9. The maximum atomic E-state index is 14.1. The highest BCUT2D eigenvalue weighted by molar-refractivity contribution is 9.10. The highest BCUT2D eigenvalue weighted by Gasteiger charge is 2.35. The first-order chi connectivity index (χ1) is 19.5. The molecule has 4 aromatic rings. The number of pyridine rings is 1. The summed E-state index contributed by atoms with van der Waals surface area (Å²) in [4.78, 5) is 21.8. The molecule has 3 atom stereocenters. The number of ether oxygens (including phenoxy) is 2. The molecule has 220 valence electrons. The van der Waals surface area contributed by atoms with Gasteiger partial charge in [-0.3, -0.25) is 9.32 Å². The third-order valence-electron chi connectivity index (χ3n) is 5.98. The number of hydrogen-bond acceptors (Lipinski definition) is 9. The van der Waals surface area contributed by atoms with Crippen LogP contribution in [-0.4, -0.2) is 45.4 Å². The molecular weight excluding hydrogens is 613 g/mol. The largest absolute Gasteiger partial charge is 0.462 e. The van der Waals surface area contributed by atoms with E-state index in [0.717, 1.165) is 20.9 Å². The lowest BCUT2D eigenvalue weighted by molar-refractivity contribution is -0.149. The molecule has 0 amide bonds. The second-order valence-corrected chi connectivity index (χ2v) is 12.3. The van der Waals surface area contributed by atoms with Crippen molar-refractivity contribution in [3.63, 3.8) is 0 Å². The normalized spacial score (nSPS) is 14.7. The Morgan fingerprint density at radius 3 is 2.49 bits per heavy atom. The van der Waals surface area contributed by atoms with Crippen molar-refractivity contribution in [3.05, 3.63) is 58.8 Å². The average Bonchev–Trinajstić information content (AvgIpc) is 3.26. The molecule has 2 aromatic carbocycles. The van der Waals surface area contributed by atoms with E-state index in [0.29, 0.717) is 29.5 Å². The summed E-state index contributed by atoms with van der Waals surface area (Å²) < 4.78 is 39.8. The SMILES string of the molecule is CCOCc1nc2c(N)nc3ccccc3c2n1C[C@@H](C)O[P@](=O)(N[C@@H](C)C(=O)OC(C)C)Oc1ccc(Br)cc1. The number of fused-ring (bicyclic) bond motifs is 3. The number of carbonyl (C=O) groups excluding carboxylic acids is 1. The van der Waals surface area contributed by atoms with E-state index in [1.165, 1.54) is 0 Å². The first-order valence-electron chi connectivity index (χ1n) is 13.3. The molecule has 4 rings (SSSR count). The Kier molecular flexibility index (Phi) is 10.0. The maximum absolute atomic E-state index is 14.1. The van der Waals surface area contributed by atoms with Crippen LogP contribution in [0.2, 0.25) is 0 Å². The number of hydrogen-bond donors (Lipinski definition) is 2. The summed E-state index contributed by atoms with van der Waals surface area (Å²) in [6.07, 6.45) is -1.02. The molecule has 0 aliphatic carbocycles. The minimum absolute atomic E-state index is 0.229. The number of nitrogens with zero attached hydrogens (tertiary/aromatic N) is 3. The van der Waals surface area contributed by atoms with E-state index < -0.39 is 25.9 Å². The van der Waals surface area contributed by atoms with Crippen molar-refractivity contribution in [3.8, 4) is 5.75 Å². The van der Waals surface area contributed by atoms with Crippen LogP contribution in [-0.2, 0) is 36.5 Å². The number of benzene rings is 2. The summed E-state index contributed by atoms with van der Waals surface area (Å²) in [5.41, 5.74) is 8.33. The third kappa shape index (κ3) is 7.64. The van der Waals surface area contributed by atoms with Gasteiger partial charge in [0.05, 0.1) is 29.8 Å². The molecule has 0 saturated carbocycles. The van der Waals surface area contributed by atoms with Crippen molar-refractivity contribution in [1.82, 2.24) is 19.6 Å². The summed E-state index contributed by atoms with van der Waals surface area (Å²) in [5.74, 6) is 0.639. The third-order valence-corrected chi connectivity index (χ3v) is 8.30. The van der Waals surface area contributed by atoms with Crippen molar-refractivity contribution in [2.45, 2.75) is 66.0 Å². The molecule has 0 bridgehead atoms. The van der Waals surface area contributed by atoms with Crippen LogP contribution in [0.15, 0.2) is 53.0 Å². The Morgan fingerprint density at radius 2 is 1.80 bits per heavy atom. The van der Waals surface area contributed by atoms with Crippen LogP contribution in [0, 0.1) is 0 Å². The maximum Gasteiger partial charge on any atom is 0.459 e. The first-order valence-corrected chi connectivity index (χ1v) is 15.7. The lowest BCUT2D eigenvalue weighted by atomic mass is 10.2. The molecule has 0 unspecified atom stereocenters. The Morgan fingerprint density at radius 1 is 1.10 bits per heavy atom. The van der Waals surface area contributed by atoms with Gasteiger partial charge in [0, 0.05) is 16.5 Å². The Labute approximate surface area is 247 Å². The zero-order valence-electron chi connectivity index (χ0n) is 23.7. The fourth-order valence-corrected chi connectivity index (χ4v) is 6.21. The molecule has 0 aliphatic heterocycles. The smallest absolute Gasteiger partial charge is 0.459 e. The van der Waals surface area contributed by atoms with Gasteiger partial charge < -0.3 is 24.3 Å². The Hall–Kier alpha value is -3.02. The van der Waals surface area contributed by atoms with Crippen LogP contribution < -0.4 is 15.3 Å². The number of halogens is 1. The van der Waals surface area contributed by atoms with Crippen molar-refractivity contribution in [2.75, 3.05) is 12.3 Å². The molecular formula is C28H35BrN5O6P. The fourth-order valence-electron chi connectivity index (χ4n) is 4.27. The van der Waals surface area contributed by atoms with Crippen LogP contribution in [0.3, 0.4) is 0 Å². The fraction of sp³-hybridized carbons (Fsp3) is 0.393. The second kappa shape index (κ2) is 13.3. The van der Waals surface area contributed by atoms with Crippen LogP contribution in [0.25, 0.3) is 21.9 Å². The van der Waals surface area contributed by atoms with Gasteiger partial charge in [-0.1, -0.05) is 34.1 Å². The van der Waals surface area contributed by atoms with E-state index in [2.05, 4.69) is 26.0 Å². The van der Waals surface area contributed by atoms with Gasteiger partial charge >= 0.3 is 13.7 Å². The van der Waals surface area contributed by atoms with Gasteiger partial charge in [-0.2, -0.15) is 5.09 Å². The zero-order valence-corrected chi connectivity index (χ0v) is 26.1. The summed E-state index contributed by atoms with van der Waals surface area (Å²) >= 11 is 3.38. The topological polar surface area (TPSA) is 140 Å². The molecule has 0 radical (unpaired) electrons. The second-order valence-electron chi connectivity index (χ2n) is 9.78. The van der Waals surface area contributed by atoms with Crippen molar-refractivity contribution in [1.29, 1.82) is 0 Å². The van der Waals surface area contributed by atoms with Gasteiger partial charge in [-0.25, -0.2) is 14.5 Å². The number of para-hydroxylation sites is 1. The molecule has 0 fully saturated rings. The standard InChI is InChI=1S/C28H35BrN5O6P/c1-6-37-16-24-32-25-26(22-9-7-8-10-23(22)31-27(25)30)34(24)15-18(4)39-41(36,33-19(5)28(35)38-17(2)3)40-21-13-11-20(29)12-14-21/h7-14,17-19H,6,15-16H2,1-5H3,(H2,30,31)(H,33,36)/t18-,19+,41-/m1/s1. The van der Waals surface area contributed by atoms with E-state index in [1.807, 2.05) is 35.8 Å². The number of nitrogens with two attached hydrogens (primary N) is 1. The number of nitrogens with one attached hydrogen (secondary N) is 1. The van der Waals surface area contributed by atoms with Crippen molar-refractivity contribution in [2.24, 2.45) is 0 Å². The number of imidazole rings is 1. The monoisotopic (exact) mass is 647 g/mol. The quantitative estimate of drug-likeness (QED) is 0.131. The molecule has 0 spiro atoms. The van der Waals surface area contributed by atoms with Crippen LogP contribution in [0.5, 0.6) is 5.75 Å². The van der Waals surface area contributed by atoms with Gasteiger partial charge in [0.15, 0.2) is 5.82 Å². The predicted molar refractivity (Wildman–Crippen MR) is 162 cm³/mol. The summed E-state index contributed by atoms with van der Waals surface area (Å²) in [5, 5.41) is 3.60. The number of carbonyl (C=O) groups is 1. The van der Waals surface area contributed by atoms with Gasteiger partial charge in [0.1, 0.15) is 29.7 Å². The molecule has 0 saturated heterocycles. The molecule has 0 aliphatic rings. The lowest BCUT2D eigenvalue weighted by Crippen LogP contribution is -2.37. The molecule has 13 heteroatoms. The molecule has 11 nitrogen and oxygen atoms in total. The minimum atomic E-state index is -4.11. The van der Waals surface area contributed by atoms with E-state index in [1.54, 1.807) is 52.0 Å². The van der Waals surface area contributed by atoms with Crippen molar-refractivity contribution >= 4 is 57.4 Å². The molecule has 41 heavy (non-hydrogen) atoms. The summed E-state index contributed by atoms with van der Waals surface area (Å²) in [6.45, 7) is 9.64. The van der Waals surface area contributed by atoms with Crippen LogP contribution in [0.1, 0.15) is 40.4 Å². The summed E-state index contributed by atoms with van der Waals surface area (Å²) in [7, 11) is -4.11. The molecule has 3 N–H and O–H groups in total. The Balaban J connectivity index is 1.68. The molecule has 2 heterocycles. The highest BCUT2D eigenvalue weighted by Crippen LogP contribution is 2.46. The Bertz CT molecular complexity index is 1560. The van der Waals surface area contributed by atoms with Crippen LogP contribution >= 0.6 is 23.7 Å².